The molecule has 0 unspecified atom stereocenters. The van der Waals surface area contributed by atoms with Crippen LogP contribution in [0.2, 0.25) is 0 Å². The second kappa shape index (κ2) is 12.1. The third-order valence-corrected chi connectivity index (χ3v) is 9.85. The molecule has 1 saturated heterocycles. The minimum absolute atomic E-state index is 0.134. The molecule has 1 fully saturated rings. The van der Waals surface area contributed by atoms with E-state index >= 15 is 0 Å². The van der Waals surface area contributed by atoms with Crippen molar-refractivity contribution in [2.24, 2.45) is 5.92 Å². The van der Waals surface area contributed by atoms with E-state index in [9.17, 15) is 18.3 Å². The topological polar surface area (TPSA) is 106 Å². The number of methoxy groups -OCH3 is 1. The van der Waals surface area contributed by atoms with Crippen LogP contribution >= 0.6 is 0 Å². The zero-order valence-electron chi connectivity index (χ0n) is 23.5. The van der Waals surface area contributed by atoms with Crippen molar-refractivity contribution in [1.29, 1.82) is 0 Å². The van der Waals surface area contributed by atoms with Gasteiger partial charge in [0, 0.05) is 38.1 Å². The van der Waals surface area contributed by atoms with Crippen molar-refractivity contribution in [2.75, 3.05) is 40.1 Å². The molecule has 10 heteroatoms. The molecule has 2 heterocycles. The zero-order chi connectivity index (χ0) is 29.1. The Morgan fingerprint density at radius 3 is 2.34 bits per heavy atom. The van der Waals surface area contributed by atoms with Crippen LogP contribution in [0.3, 0.4) is 0 Å². The van der Waals surface area contributed by atoms with E-state index in [4.69, 9.17) is 14.2 Å². The molecular formula is C31H36N2O7S. The second-order valence-electron chi connectivity index (χ2n) is 10.5. The van der Waals surface area contributed by atoms with E-state index in [1.54, 1.807) is 31.4 Å². The lowest BCUT2D eigenvalue weighted by Crippen LogP contribution is -2.39. The number of aryl methyl sites for hydroxylation is 1. The average molecular weight is 581 g/mol. The average Bonchev–Trinajstić information content (AvgIpc) is 3.60. The van der Waals surface area contributed by atoms with Gasteiger partial charge in [0.2, 0.25) is 16.8 Å². The standard InChI is InChI=1S/C31H36N2O7S/c1-4-15-33(41(36,37)25-12-5-21(2)6-13-25)17-16-32-19-26(23-9-14-27-28(18-23)40-20-39-27)29(31(34)35)30(32)22-7-10-24(38-3)11-8-22/h5-14,18,26,29-30H,4,15-17,19-20H2,1-3H3,(H,34,35)/t26-,29+,30-/m1/s1. The SMILES string of the molecule is CCCN(CCN1C[C@H](c2ccc3c(c2)OCO3)[C@H](C(=O)O)[C@H]1c1ccc(OC)cc1)S(=O)(=O)c1ccc(C)cc1. The molecule has 3 aromatic carbocycles. The van der Waals surface area contributed by atoms with Gasteiger partial charge in [-0.15, -0.1) is 0 Å². The predicted molar refractivity (Wildman–Crippen MR) is 154 cm³/mol. The summed E-state index contributed by atoms with van der Waals surface area (Å²) in [6.07, 6.45) is 0.657. The van der Waals surface area contributed by atoms with Crippen LogP contribution in [-0.4, -0.2) is 68.8 Å². The maximum Gasteiger partial charge on any atom is 0.309 e. The lowest BCUT2D eigenvalue weighted by molar-refractivity contribution is -0.143. The molecule has 218 valence electrons. The Morgan fingerprint density at radius 2 is 1.68 bits per heavy atom. The first-order valence-electron chi connectivity index (χ1n) is 13.8. The molecule has 3 atom stereocenters. The Balaban J connectivity index is 1.48. The molecule has 5 rings (SSSR count). The van der Waals surface area contributed by atoms with E-state index in [1.807, 2.05) is 56.3 Å². The van der Waals surface area contributed by atoms with Crippen molar-refractivity contribution in [2.45, 2.75) is 37.1 Å². The zero-order valence-corrected chi connectivity index (χ0v) is 24.3. The second-order valence-corrected chi connectivity index (χ2v) is 12.5. The lowest BCUT2D eigenvalue weighted by Gasteiger charge is -2.30. The fourth-order valence-corrected chi connectivity index (χ4v) is 7.36. The van der Waals surface area contributed by atoms with Crippen molar-refractivity contribution < 1.29 is 32.5 Å². The van der Waals surface area contributed by atoms with Gasteiger partial charge >= 0.3 is 5.97 Å². The number of hydrogen-bond donors (Lipinski definition) is 1. The number of rotatable bonds is 11. The minimum atomic E-state index is -3.72. The Morgan fingerprint density at radius 1 is 1.00 bits per heavy atom. The van der Waals surface area contributed by atoms with Gasteiger partial charge in [-0.05, 0) is 60.9 Å². The lowest BCUT2D eigenvalue weighted by atomic mass is 9.82. The molecule has 3 aromatic rings. The smallest absolute Gasteiger partial charge is 0.309 e. The van der Waals surface area contributed by atoms with Crippen LogP contribution in [0, 0.1) is 12.8 Å². The molecule has 0 saturated carbocycles. The number of sulfonamides is 1. The number of benzene rings is 3. The molecule has 0 bridgehead atoms. The Hall–Kier alpha value is -3.60. The molecule has 0 aromatic heterocycles. The highest BCUT2D eigenvalue weighted by Gasteiger charge is 2.47. The van der Waals surface area contributed by atoms with Crippen LogP contribution in [0.5, 0.6) is 17.2 Å². The number of aliphatic carboxylic acids is 1. The normalized spacial score (nSPS) is 20.4. The van der Waals surface area contributed by atoms with Crippen LogP contribution in [0.25, 0.3) is 0 Å². The first-order valence-corrected chi connectivity index (χ1v) is 15.2. The van der Waals surface area contributed by atoms with Crippen molar-refractivity contribution in [3.05, 3.63) is 83.4 Å². The first kappa shape index (κ1) is 28.9. The van der Waals surface area contributed by atoms with Crippen molar-refractivity contribution in [3.63, 3.8) is 0 Å². The maximum absolute atomic E-state index is 13.6. The van der Waals surface area contributed by atoms with Gasteiger partial charge in [-0.3, -0.25) is 9.69 Å². The number of nitrogens with zero attached hydrogens (tertiary/aromatic N) is 2. The summed E-state index contributed by atoms with van der Waals surface area (Å²) in [7, 11) is -2.14. The van der Waals surface area contributed by atoms with Crippen LogP contribution in [0.4, 0.5) is 0 Å². The number of carbonyl (C=O) groups is 1. The molecule has 41 heavy (non-hydrogen) atoms. The third-order valence-electron chi connectivity index (χ3n) is 7.93. The van der Waals surface area contributed by atoms with E-state index in [-0.39, 0.29) is 24.2 Å². The molecule has 2 aliphatic heterocycles. The van der Waals surface area contributed by atoms with E-state index in [1.165, 1.54) is 4.31 Å². The number of hydrogen-bond acceptors (Lipinski definition) is 7. The summed E-state index contributed by atoms with van der Waals surface area (Å²) in [5.41, 5.74) is 2.67. The fraction of sp³-hybridized carbons (Fsp3) is 0.387. The van der Waals surface area contributed by atoms with E-state index in [0.29, 0.717) is 43.3 Å². The van der Waals surface area contributed by atoms with Crippen LogP contribution < -0.4 is 14.2 Å². The van der Waals surface area contributed by atoms with Crippen LogP contribution in [-0.2, 0) is 14.8 Å². The summed E-state index contributed by atoms with van der Waals surface area (Å²) in [4.78, 5) is 15.2. The largest absolute Gasteiger partial charge is 0.497 e. The van der Waals surface area contributed by atoms with Gasteiger partial charge in [0.1, 0.15) is 5.75 Å². The highest BCUT2D eigenvalue weighted by Crippen LogP contribution is 2.47. The molecule has 0 amide bonds. The molecule has 0 radical (unpaired) electrons. The van der Waals surface area contributed by atoms with Crippen molar-refractivity contribution in [3.8, 4) is 17.2 Å². The fourth-order valence-electron chi connectivity index (χ4n) is 5.84. The summed E-state index contributed by atoms with van der Waals surface area (Å²) in [6.45, 7) is 5.41. The van der Waals surface area contributed by atoms with Crippen molar-refractivity contribution in [1.82, 2.24) is 9.21 Å². The van der Waals surface area contributed by atoms with Gasteiger partial charge in [0.05, 0.1) is 17.9 Å². The molecule has 1 N–H and O–H groups in total. The molecule has 0 aliphatic carbocycles. The number of likely N-dealkylation sites (tertiary alicyclic amines) is 1. The van der Waals surface area contributed by atoms with Crippen LogP contribution in [0.15, 0.2) is 71.6 Å². The van der Waals surface area contributed by atoms with Gasteiger partial charge in [0.25, 0.3) is 0 Å². The van der Waals surface area contributed by atoms with Gasteiger partial charge in [0.15, 0.2) is 11.5 Å². The monoisotopic (exact) mass is 580 g/mol. The maximum atomic E-state index is 13.6. The summed E-state index contributed by atoms with van der Waals surface area (Å²) in [6, 6.07) is 19.4. The molecule has 9 nitrogen and oxygen atoms in total. The van der Waals surface area contributed by atoms with E-state index in [2.05, 4.69) is 4.90 Å². The third kappa shape index (κ3) is 5.91. The molecule has 2 aliphatic rings. The number of ether oxygens (including phenoxy) is 3. The van der Waals surface area contributed by atoms with Crippen LogP contribution in [0.1, 0.15) is 42.0 Å². The Labute approximate surface area is 241 Å². The van der Waals surface area contributed by atoms with Crippen molar-refractivity contribution >= 4 is 16.0 Å². The summed E-state index contributed by atoms with van der Waals surface area (Å²) in [5, 5.41) is 10.5. The van der Waals surface area contributed by atoms with Gasteiger partial charge < -0.3 is 19.3 Å². The highest BCUT2D eigenvalue weighted by atomic mass is 32.2. The Bertz CT molecular complexity index is 1480. The summed E-state index contributed by atoms with van der Waals surface area (Å²) in [5.74, 6) is -0.105. The summed E-state index contributed by atoms with van der Waals surface area (Å²) < 4.78 is 45.1. The van der Waals surface area contributed by atoms with Gasteiger partial charge in [-0.1, -0.05) is 42.8 Å². The first-order chi connectivity index (χ1) is 19.7. The minimum Gasteiger partial charge on any atom is -0.497 e. The highest BCUT2D eigenvalue weighted by molar-refractivity contribution is 7.89. The predicted octanol–water partition coefficient (Wildman–Crippen LogP) is 4.67. The molecule has 0 spiro atoms. The quantitative estimate of drug-likeness (QED) is 0.349. The van der Waals surface area contributed by atoms with Gasteiger partial charge in [-0.2, -0.15) is 4.31 Å². The van der Waals surface area contributed by atoms with E-state index < -0.39 is 28.0 Å². The summed E-state index contributed by atoms with van der Waals surface area (Å²) >= 11 is 0. The number of fused-ring (bicyclic) bond motifs is 1. The van der Waals surface area contributed by atoms with Gasteiger partial charge in [-0.25, -0.2) is 8.42 Å². The Kier molecular flexibility index (Phi) is 8.53. The van der Waals surface area contributed by atoms with E-state index in [0.717, 1.165) is 16.7 Å². The number of carboxylic acids is 1. The molecular weight excluding hydrogens is 544 g/mol. The number of carboxylic acid groups (broad SMARTS) is 1.